The molecule has 0 amide bonds. The predicted octanol–water partition coefficient (Wildman–Crippen LogP) is 4.14. The second kappa shape index (κ2) is 4.49. The molecular formula is C8H7Br2ClO. The number of benzene rings is 1. The number of halogens is 3. The molecule has 0 aromatic heterocycles. The number of ether oxygens (including phenoxy) is 1. The van der Waals surface area contributed by atoms with E-state index >= 15 is 0 Å². The molecule has 4 heteroatoms. The zero-order valence-corrected chi connectivity index (χ0v) is 10.3. The van der Waals surface area contributed by atoms with Gasteiger partial charge in [-0.1, -0.05) is 49.5 Å². The van der Waals surface area contributed by atoms with Gasteiger partial charge in [0.05, 0.1) is 15.9 Å². The molecule has 1 aromatic rings. The third-order valence-electron chi connectivity index (χ3n) is 1.43. The molecule has 12 heavy (non-hydrogen) atoms. The molecule has 0 fully saturated rings. The summed E-state index contributed by atoms with van der Waals surface area (Å²) in [6.45, 7) is 0. The maximum absolute atomic E-state index is 5.85. The van der Waals surface area contributed by atoms with Crippen molar-refractivity contribution in [2.45, 2.75) is 3.74 Å². The van der Waals surface area contributed by atoms with Crippen molar-refractivity contribution in [1.82, 2.24) is 0 Å². The summed E-state index contributed by atoms with van der Waals surface area (Å²) in [5, 5.41) is 0.627. The number of hydrogen-bond acceptors (Lipinski definition) is 1. The van der Waals surface area contributed by atoms with E-state index in [9.17, 15) is 0 Å². The lowest BCUT2D eigenvalue weighted by molar-refractivity contribution is 0.414. The lowest BCUT2D eigenvalue weighted by Gasteiger charge is -2.06. The van der Waals surface area contributed by atoms with Crippen LogP contribution in [-0.2, 0) is 0 Å². The number of alkyl halides is 2. The highest BCUT2D eigenvalue weighted by Crippen LogP contribution is 2.34. The monoisotopic (exact) mass is 312 g/mol. The van der Waals surface area contributed by atoms with Gasteiger partial charge in [0.15, 0.2) is 0 Å². The highest BCUT2D eigenvalue weighted by atomic mass is 79.9. The van der Waals surface area contributed by atoms with Gasteiger partial charge in [0.2, 0.25) is 0 Å². The molecule has 0 atom stereocenters. The summed E-state index contributed by atoms with van der Waals surface area (Å²) in [6, 6.07) is 5.63. The van der Waals surface area contributed by atoms with Gasteiger partial charge in [-0.05, 0) is 17.7 Å². The first-order chi connectivity index (χ1) is 5.65. The maximum Gasteiger partial charge on any atom is 0.137 e. The number of hydrogen-bond donors (Lipinski definition) is 0. The zero-order chi connectivity index (χ0) is 9.14. The van der Waals surface area contributed by atoms with Crippen molar-refractivity contribution in [1.29, 1.82) is 0 Å². The molecule has 0 unspecified atom stereocenters. The molecule has 0 aliphatic heterocycles. The van der Waals surface area contributed by atoms with Gasteiger partial charge in [-0.3, -0.25) is 0 Å². The second-order valence-corrected chi connectivity index (χ2v) is 5.66. The summed E-state index contributed by atoms with van der Waals surface area (Å²) in [7, 11) is 1.60. The molecule has 1 nitrogen and oxygen atoms in total. The minimum atomic E-state index is 0.135. The van der Waals surface area contributed by atoms with Crippen molar-refractivity contribution in [3.8, 4) is 5.75 Å². The SMILES string of the molecule is COc1cc(C(Br)Br)ccc1Cl. The molecule has 0 heterocycles. The molecule has 0 aliphatic rings. The van der Waals surface area contributed by atoms with E-state index < -0.39 is 0 Å². The third kappa shape index (κ3) is 2.38. The Balaban J connectivity index is 3.05. The predicted molar refractivity (Wildman–Crippen MR) is 58.6 cm³/mol. The molecule has 0 saturated heterocycles. The van der Waals surface area contributed by atoms with E-state index in [-0.39, 0.29) is 3.74 Å². The lowest BCUT2D eigenvalue weighted by Crippen LogP contribution is -1.87. The quantitative estimate of drug-likeness (QED) is 0.746. The topological polar surface area (TPSA) is 9.23 Å². The molecule has 0 radical (unpaired) electrons. The highest BCUT2D eigenvalue weighted by molar-refractivity contribution is 9.24. The smallest absolute Gasteiger partial charge is 0.137 e. The average Bonchev–Trinajstić information content (AvgIpc) is 2.05. The summed E-state index contributed by atoms with van der Waals surface area (Å²) in [6.07, 6.45) is 0. The van der Waals surface area contributed by atoms with Gasteiger partial charge in [-0.25, -0.2) is 0 Å². The normalized spacial score (nSPS) is 10.4. The molecule has 66 valence electrons. The molecule has 0 spiro atoms. The number of methoxy groups -OCH3 is 1. The van der Waals surface area contributed by atoms with E-state index in [1.165, 1.54) is 0 Å². The Labute approximate surface area is 93.3 Å². The van der Waals surface area contributed by atoms with E-state index in [0.717, 1.165) is 5.56 Å². The van der Waals surface area contributed by atoms with Crippen LogP contribution in [0.3, 0.4) is 0 Å². The van der Waals surface area contributed by atoms with Crippen LogP contribution in [0.5, 0.6) is 5.75 Å². The summed E-state index contributed by atoms with van der Waals surface area (Å²) in [4.78, 5) is 0. The van der Waals surface area contributed by atoms with Crippen LogP contribution >= 0.6 is 43.5 Å². The first kappa shape index (κ1) is 10.4. The minimum absolute atomic E-state index is 0.135. The maximum atomic E-state index is 5.85. The molecular weight excluding hydrogens is 307 g/mol. The first-order valence-corrected chi connectivity index (χ1v) is 5.47. The minimum Gasteiger partial charge on any atom is -0.495 e. The zero-order valence-electron chi connectivity index (χ0n) is 6.35. The fraction of sp³-hybridized carbons (Fsp3) is 0.250. The molecule has 1 rings (SSSR count). The van der Waals surface area contributed by atoms with Crippen LogP contribution in [0.4, 0.5) is 0 Å². The summed E-state index contributed by atoms with van der Waals surface area (Å²) in [5.74, 6) is 0.693. The highest BCUT2D eigenvalue weighted by Gasteiger charge is 2.06. The van der Waals surface area contributed by atoms with Crippen LogP contribution in [0.25, 0.3) is 0 Å². The van der Waals surface area contributed by atoms with Crippen LogP contribution in [0.15, 0.2) is 18.2 Å². The lowest BCUT2D eigenvalue weighted by atomic mass is 10.2. The molecule has 0 aliphatic carbocycles. The fourth-order valence-corrected chi connectivity index (χ4v) is 1.58. The van der Waals surface area contributed by atoms with Gasteiger partial charge in [-0.15, -0.1) is 0 Å². The van der Waals surface area contributed by atoms with Crippen LogP contribution < -0.4 is 4.74 Å². The molecule has 0 saturated carbocycles. The van der Waals surface area contributed by atoms with Gasteiger partial charge in [-0.2, -0.15) is 0 Å². The van der Waals surface area contributed by atoms with Crippen molar-refractivity contribution >= 4 is 43.5 Å². The largest absolute Gasteiger partial charge is 0.495 e. The summed E-state index contributed by atoms with van der Waals surface area (Å²) >= 11 is 12.6. The Hall–Kier alpha value is 0.270. The summed E-state index contributed by atoms with van der Waals surface area (Å²) < 4.78 is 5.20. The van der Waals surface area contributed by atoms with Crippen LogP contribution in [0.1, 0.15) is 9.30 Å². The van der Waals surface area contributed by atoms with Crippen LogP contribution in [0, 0.1) is 0 Å². The van der Waals surface area contributed by atoms with Crippen molar-refractivity contribution in [2.24, 2.45) is 0 Å². The van der Waals surface area contributed by atoms with Crippen molar-refractivity contribution in [3.63, 3.8) is 0 Å². The van der Waals surface area contributed by atoms with Crippen LogP contribution in [-0.4, -0.2) is 7.11 Å². The molecule has 0 N–H and O–H groups in total. The van der Waals surface area contributed by atoms with Crippen molar-refractivity contribution in [3.05, 3.63) is 28.8 Å². The molecule has 0 bridgehead atoms. The summed E-state index contributed by atoms with van der Waals surface area (Å²) in [5.41, 5.74) is 1.08. The van der Waals surface area contributed by atoms with E-state index in [4.69, 9.17) is 16.3 Å². The number of rotatable bonds is 2. The fourth-order valence-electron chi connectivity index (χ4n) is 0.812. The van der Waals surface area contributed by atoms with Crippen molar-refractivity contribution < 1.29 is 4.74 Å². The van der Waals surface area contributed by atoms with Gasteiger partial charge < -0.3 is 4.74 Å². The van der Waals surface area contributed by atoms with Crippen molar-refractivity contribution in [2.75, 3.05) is 7.11 Å². The Kier molecular flexibility index (Phi) is 3.87. The average molecular weight is 314 g/mol. The van der Waals surface area contributed by atoms with Gasteiger partial charge >= 0.3 is 0 Å². The Morgan fingerprint density at radius 3 is 2.58 bits per heavy atom. The molecule has 1 aromatic carbocycles. The second-order valence-electron chi connectivity index (χ2n) is 2.19. The van der Waals surface area contributed by atoms with E-state index in [0.29, 0.717) is 10.8 Å². The van der Waals surface area contributed by atoms with Gasteiger partial charge in [0.1, 0.15) is 5.75 Å². The van der Waals surface area contributed by atoms with Gasteiger partial charge in [0.25, 0.3) is 0 Å². The third-order valence-corrected chi connectivity index (χ3v) is 2.80. The first-order valence-electron chi connectivity index (χ1n) is 3.26. The van der Waals surface area contributed by atoms with Gasteiger partial charge in [0, 0.05) is 0 Å². The van der Waals surface area contributed by atoms with E-state index in [2.05, 4.69) is 31.9 Å². The van der Waals surface area contributed by atoms with Crippen LogP contribution in [0.2, 0.25) is 5.02 Å². The Morgan fingerprint density at radius 2 is 2.08 bits per heavy atom. The Bertz CT molecular complexity index is 276. The van der Waals surface area contributed by atoms with E-state index in [1.807, 2.05) is 18.2 Å². The standard InChI is InChI=1S/C8H7Br2ClO/c1-12-7-4-5(8(9)10)2-3-6(7)11/h2-4,8H,1H3. The Morgan fingerprint density at radius 1 is 1.42 bits per heavy atom. The van der Waals surface area contributed by atoms with E-state index in [1.54, 1.807) is 7.11 Å².